The summed E-state index contributed by atoms with van der Waals surface area (Å²) in [6.07, 6.45) is 68.1. The molecule has 0 spiro atoms. The zero-order valence-electron chi connectivity index (χ0n) is 38.9. The van der Waals surface area contributed by atoms with Crippen LogP contribution in [0.25, 0.3) is 0 Å². The third-order valence-corrected chi connectivity index (χ3v) is 9.77. The number of hydrogen-bond donors (Lipinski definition) is 0. The van der Waals surface area contributed by atoms with Gasteiger partial charge in [-0.05, 0) is 116 Å². The van der Waals surface area contributed by atoms with Crippen LogP contribution in [0, 0.1) is 0 Å². The number of esters is 2. The van der Waals surface area contributed by atoms with E-state index < -0.39 is 6.10 Å². The number of hydrogen-bond acceptors (Lipinski definition) is 5. The van der Waals surface area contributed by atoms with E-state index in [4.69, 9.17) is 14.2 Å². The summed E-state index contributed by atoms with van der Waals surface area (Å²) >= 11 is 0. The fraction of sp³-hybridized carbons (Fsp3) is 0.636. The normalized spacial score (nSPS) is 13.2. The summed E-state index contributed by atoms with van der Waals surface area (Å²) in [7, 11) is 0. The number of carbonyl (C=O) groups is 2. The largest absolute Gasteiger partial charge is 0.462 e. The first-order valence-electron chi connectivity index (χ1n) is 24.4. The molecule has 0 heterocycles. The highest BCUT2D eigenvalue weighted by atomic mass is 16.6. The highest BCUT2D eigenvalue weighted by Gasteiger charge is 2.17. The number of unbranched alkanes of at least 4 members (excludes halogenated alkanes) is 14. The van der Waals surface area contributed by atoms with Gasteiger partial charge in [0.05, 0.1) is 6.61 Å². The predicted octanol–water partition coefficient (Wildman–Crippen LogP) is 16.4. The number of carbonyl (C=O) groups excluding carboxylic acids is 2. The quantitative estimate of drug-likeness (QED) is 0.0348. The van der Waals surface area contributed by atoms with Crippen molar-refractivity contribution >= 4 is 11.9 Å². The maximum absolute atomic E-state index is 12.7. The Bertz CT molecular complexity index is 1210. The Hall–Kier alpha value is -3.44. The first-order chi connectivity index (χ1) is 29.6. The maximum Gasteiger partial charge on any atom is 0.306 e. The van der Waals surface area contributed by atoms with Crippen LogP contribution in [0.1, 0.15) is 201 Å². The second kappa shape index (κ2) is 49.9. The molecule has 340 valence electrons. The minimum Gasteiger partial charge on any atom is -0.462 e. The topological polar surface area (TPSA) is 61.8 Å². The first kappa shape index (κ1) is 56.6. The fourth-order valence-corrected chi connectivity index (χ4v) is 6.18. The minimum absolute atomic E-state index is 0.0461. The summed E-state index contributed by atoms with van der Waals surface area (Å²) in [5.41, 5.74) is 0. The molecule has 1 unspecified atom stereocenters. The summed E-state index contributed by atoms with van der Waals surface area (Å²) in [5.74, 6) is -0.476. The second-order valence-electron chi connectivity index (χ2n) is 15.6. The molecule has 0 rings (SSSR count). The van der Waals surface area contributed by atoms with Gasteiger partial charge in [0.15, 0.2) is 6.10 Å². The lowest BCUT2D eigenvalue weighted by atomic mass is 10.1. The van der Waals surface area contributed by atoms with Gasteiger partial charge in [-0.2, -0.15) is 0 Å². The van der Waals surface area contributed by atoms with Gasteiger partial charge in [-0.15, -0.1) is 0 Å². The van der Waals surface area contributed by atoms with Crippen molar-refractivity contribution < 1.29 is 23.8 Å². The van der Waals surface area contributed by atoms with Crippen LogP contribution in [-0.2, 0) is 23.8 Å². The van der Waals surface area contributed by atoms with E-state index in [2.05, 4.69) is 130 Å². The molecule has 0 aliphatic carbocycles. The molecule has 5 nitrogen and oxygen atoms in total. The molecule has 0 saturated carbocycles. The summed E-state index contributed by atoms with van der Waals surface area (Å²) in [4.78, 5) is 25.3. The van der Waals surface area contributed by atoms with Gasteiger partial charge in [-0.25, -0.2) is 0 Å². The molecule has 0 aromatic carbocycles. The van der Waals surface area contributed by atoms with Crippen LogP contribution in [0.4, 0.5) is 0 Å². The minimum atomic E-state index is -0.573. The molecule has 1 atom stereocenters. The van der Waals surface area contributed by atoms with Gasteiger partial charge < -0.3 is 14.2 Å². The molecule has 0 aromatic rings. The molecule has 0 N–H and O–H groups in total. The van der Waals surface area contributed by atoms with E-state index in [-0.39, 0.29) is 25.2 Å². The van der Waals surface area contributed by atoms with Gasteiger partial charge in [0, 0.05) is 19.4 Å². The molecule has 0 amide bonds. The van der Waals surface area contributed by atoms with Crippen molar-refractivity contribution in [1.82, 2.24) is 0 Å². The van der Waals surface area contributed by atoms with Crippen molar-refractivity contribution in [2.45, 2.75) is 207 Å². The predicted molar refractivity (Wildman–Crippen MR) is 260 cm³/mol. The Morgan fingerprint density at radius 1 is 0.383 bits per heavy atom. The molecule has 0 fully saturated rings. The van der Waals surface area contributed by atoms with E-state index >= 15 is 0 Å². The Morgan fingerprint density at radius 3 is 1.25 bits per heavy atom. The summed E-state index contributed by atoms with van der Waals surface area (Å²) in [6, 6.07) is 0. The highest BCUT2D eigenvalue weighted by Crippen LogP contribution is 2.12. The monoisotopic (exact) mass is 831 g/mol. The van der Waals surface area contributed by atoms with E-state index in [0.29, 0.717) is 19.4 Å². The molecule has 5 heteroatoms. The van der Waals surface area contributed by atoms with E-state index in [9.17, 15) is 9.59 Å². The van der Waals surface area contributed by atoms with E-state index in [1.807, 2.05) is 0 Å². The van der Waals surface area contributed by atoms with Crippen molar-refractivity contribution in [3.05, 3.63) is 109 Å². The first-order valence-corrected chi connectivity index (χ1v) is 24.4. The van der Waals surface area contributed by atoms with Crippen LogP contribution < -0.4 is 0 Å². The van der Waals surface area contributed by atoms with E-state index in [0.717, 1.165) is 116 Å². The van der Waals surface area contributed by atoms with Crippen LogP contribution in [-0.4, -0.2) is 37.9 Å². The number of allylic oxidation sites excluding steroid dienone is 18. The lowest BCUT2D eigenvalue weighted by Gasteiger charge is -2.18. The summed E-state index contributed by atoms with van der Waals surface area (Å²) in [5, 5.41) is 0. The van der Waals surface area contributed by atoms with Crippen molar-refractivity contribution in [2.75, 3.05) is 19.8 Å². The molecular formula is C55H90O5. The smallest absolute Gasteiger partial charge is 0.306 e. The molecule has 0 aliphatic rings. The molecule has 60 heavy (non-hydrogen) atoms. The lowest BCUT2D eigenvalue weighted by Crippen LogP contribution is -2.30. The van der Waals surface area contributed by atoms with E-state index in [1.165, 1.54) is 51.4 Å². The zero-order valence-corrected chi connectivity index (χ0v) is 38.9. The van der Waals surface area contributed by atoms with Gasteiger partial charge >= 0.3 is 11.9 Å². The second-order valence-corrected chi connectivity index (χ2v) is 15.6. The molecule has 0 bridgehead atoms. The van der Waals surface area contributed by atoms with Gasteiger partial charge in [0.25, 0.3) is 0 Å². The summed E-state index contributed by atoms with van der Waals surface area (Å²) < 4.78 is 17.3. The van der Waals surface area contributed by atoms with E-state index in [1.54, 1.807) is 0 Å². The average Bonchev–Trinajstić information content (AvgIpc) is 3.25. The number of rotatable bonds is 43. The SMILES string of the molecule is CC/C=C\C/C=C\C/C=C\C/C=C\CCCCCCCOCC(COC(=O)CCCC/C=C\C/C=C\C/C=C\C/C=C\CC)OC(=O)CCCCCCC/C=C\CCCC. The van der Waals surface area contributed by atoms with Crippen LogP contribution in [0.5, 0.6) is 0 Å². The van der Waals surface area contributed by atoms with Crippen LogP contribution >= 0.6 is 0 Å². The Balaban J connectivity index is 4.38. The van der Waals surface area contributed by atoms with Gasteiger partial charge in [0.2, 0.25) is 0 Å². The molecular weight excluding hydrogens is 741 g/mol. The number of ether oxygens (including phenoxy) is 3. The van der Waals surface area contributed by atoms with Crippen molar-refractivity contribution in [3.8, 4) is 0 Å². The Labute approximate surface area is 370 Å². The third kappa shape index (κ3) is 47.2. The molecule has 0 aliphatic heterocycles. The lowest BCUT2D eigenvalue weighted by molar-refractivity contribution is -0.163. The molecule has 0 radical (unpaired) electrons. The van der Waals surface area contributed by atoms with Crippen LogP contribution in [0.2, 0.25) is 0 Å². The maximum atomic E-state index is 12.7. The standard InChI is InChI=1S/C55H90O5/c1-4-7-10-13-16-19-22-24-26-27-28-30-32-35-38-41-44-47-50-58-51-53(60-55(57)49-46-43-40-37-33-21-18-15-12-9-6-3)52-59-54(56)48-45-42-39-36-34-31-29-25-23-20-17-14-11-8-5-2/h7-8,10-11,15-20,24-26,28-30,34,36,53H,4-6,9,12-14,21-23,27,31-33,35,37-52H2,1-3H3/b10-7-,11-8-,18-15-,19-16-,20-17-,26-24-,29-25-,30-28-,36-34-. The van der Waals surface area contributed by atoms with Crippen LogP contribution in [0.15, 0.2) is 109 Å². The van der Waals surface area contributed by atoms with Gasteiger partial charge in [0.1, 0.15) is 6.61 Å². The van der Waals surface area contributed by atoms with Crippen molar-refractivity contribution in [3.63, 3.8) is 0 Å². The van der Waals surface area contributed by atoms with Crippen molar-refractivity contribution in [2.24, 2.45) is 0 Å². The summed E-state index contributed by atoms with van der Waals surface area (Å²) in [6.45, 7) is 7.45. The zero-order chi connectivity index (χ0) is 43.5. The molecule has 0 saturated heterocycles. The average molecular weight is 831 g/mol. The fourth-order valence-electron chi connectivity index (χ4n) is 6.18. The van der Waals surface area contributed by atoms with Gasteiger partial charge in [-0.1, -0.05) is 182 Å². The Morgan fingerprint density at radius 2 is 0.750 bits per heavy atom. The molecule has 0 aromatic heterocycles. The van der Waals surface area contributed by atoms with Gasteiger partial charge in [-0.3, -0.25) is 9.59 Å². The van der Waals surface area contributed by atoms with Crippen LogP contribution in [0.3, 0.4) is 0 Å². The highest BCUT2D eigenvalue weighted by molar-refractivity contribution is 5.70. The van der Waals surface area contributed by atoms with Crippen molar-refractivity contribution in [1.29, 1.82) is 0 Å². The Kier molecular flexibility index (Phi) is 47.1. The third-order valence-electron chi connectivity index (χ3n) is 9.77.